The number of carboxylic acid groups (broad SMARTS) is 1. The summed E-state index contributed by atoms with van der Waals surface area (Å²) in [5.41, 5.74) is 1.90. The van der Waals surface area contributed by atoms with Gasteiger partial charge >= 0.3 is 12.1 Å². The monoisotopic (exact) mass is 451 g/mol. The molecule has 0 saturated heterocycles. The predicted molar refractivity (Wildman–Crippen MR) is 110 cm³/mol. The molecular formula is C23H21ClF3NO3. The van der Waals surface area contributed by atoms with Gasteiger partial charge in [-0.25, -0.2) is 0 Å². The summed E-state index contributed by atoms with van der Waals surface area (Å²) in [4.78, 5) is 24.6. The molecule has 0 fully saturated rings. The number of carbonyl (C=O) groups excluding carboxylic acids is 1. The maximum Gasteiger partial charge on any atom is 0.417 e. The van der Waals surface area contributed by atoms with E-state index in [0.717, 1.165) is 47.7 Å². The molecule has 0 saturated carbocycles. The fourth-order valence-corrected chi connectivity index (χ4v) is 4.84. The number of hydrogen-bond acceptors (Lipinski definition) is 2. The molecule has 1 aromatic carbocycles. The Morgan fingerprint density at radius 1 is 1.13 bits per heavy atom. The number of aromatic nitrogens is 1. The van der Waals surface area contributed by atoms with Crippen LogP contribution in [-0.2, 0) is 23.8 Å². The maximum atomic E-state index is 13.6. The van der Waals surface area contributed by atoms with E-state index < -0.39 is 35.1 Å². The minimum Gasteiger partial charge on any atom is -0.481 e. The Bertz CT molecular complexity index is 1080. The van der Waals surface area contributed by atoms with Gasteiger partial charge in [0.15, 0.2) is 0 Å². The summed E-state index contributed by atoms with van der Waals surface area (Å²) < 4.78 is 42.0. The average molecular weight is 452 g/mol. The SMILES string of the molecule is O=C(O)C1CC=C(c2cn(C(=O)c3c(Cl)cccc3C(F)(F)F)c3c2CCCC3)CC1. The molecule has 0 aliphatic heterocycles. The average Bonchev–Trinajstić information content (AvgIpc) is 3.12. The lowest BCUT2D eigenvalue weighted by Crippen LogP contribution is -2.21. The van der Waals surface area contributed by atoms with E-state index in [-0.39, 0.29) is 5.02 Å². The van der Waals surface area contributed by atoms with E-state index in [4.69, 9.17) is 11.6 Å². The molecule has 8 heteroatoms. The lowest BCUT2D eigenvalue weighted by Gasteiger charge is -2.20. The second-order valence-electron chi connectivity index (χ2n) is 8.05. The van der Waals surface area contributed by atoms with Gasteiger partial charge in [-0.2, -0.15) is 13.2 Å². The van der Waals surface area contributed by atoms with E-state index in [0.29, 0.717) is 25.7 Å². The van der Waals surface area contributed by atoms with E-state index in [1.807, 2.05) is 6.08 Å². The minimum atomic E-state index is -4.70. The molecule has 1 unspecified atom stereocenters. The number of carboxylic acids is 1. The first-order valence-electron chi connectivity index (χ1n) is 10.2. The Hall–Kier alpha value is -2.54. The summed E-state index contributed by atoms with van der Waals surface area (Å²) in [6.07, 6.45) is 3.37. The van der Waals surface area contributed by atoms with Crippen LogP contribution in [0.25, 0.3) is 5.57 Å². The standard InChI is InChI=1S/C23H21ClF3NO3/c24-18-6-3-5-17(23(25,26)27)20(18)21(29)28-12-16(15-4-1-2-7-19(15)28)13-8-10-14(11-9-13)22(30)31/h3,5-6,8,12,14H,1-2,4,7,9-11H2,(H,30,31). The Kier molecular flexibility index (Phi) is 5.73. The van der Waals surface area contributed by atoms with E-state index in [1.54, 1.807) is 6.20 Å². The molecule has 1 heterocycles. The molecule has 0 spiro atoms. The van der Waals surface area contributed by atoms with Gasteiger partial charge in [-0.1, -0.05) is 23.7 Å². The van der Waals surface area contributed by atoms with Crippen LogP contribution in [0.1, 0.15) is 64.8 Å². The van der Waals surface area contributed by atoms with Crippen LogP contribution in [-0.4, -0.2) is 21.6 Å². The lowest BCUT2D eigenvalue weighted by atomic mass is 9.84. The first-order valence-corrected chi connectivity index (χ1v) is 10.6. The second-order valence-corrected chi connectivity index (χ2v) is 8.46. The Morgan fingerprint density at radius 2 is 1.87 bits per heavy atom. The lowest BCUT2D eigenvalue weighted by molar-refractivity contribution is -0.142. The zero-order valence-electron chi connectivity index (χ0n) is 16.6. The second kappa shape index (κ2) is 8.19. The van der Waals surface area contributed by atoms with Crippen molar-refractivity contribution >= 4 is 29.1 Å². The summed E-state index contributed by atoms with van der Waals surface area (Å²) in [6.45, 7) is 0. The van der Waals surface area contributed by atoms with Crippen LogP contribution in [0.15, 0.2) is 30.5 Å². The summed E-state index contributed by atoms with van der Waals surface area (Å²) in [5.74, 6) is -2.05. The summed E-state index contributed by atoms with van der Waals surface area (Å²) >= 11 is 6.06. The Balaban J connectivity index is 1.80. The molecule has 1 aromatic heterocycles. The molecule has 4 nitrogen and oxygen atoms in total. The maximum absolute atomic E-state index is 13.6. The number of benzene rings is 1. The smallest absolute Gasteiger partial charge is 0.417 e. The highest BCUT2D eigenvalue weighted by Gasteiger charge is 2.37. The molecule has 1 N–H and O–H groups in total. The topological polar surface area (TPSA) is 59.3 Å². The third-order valence-electron chi connectivity index (χ3n) is 6.17. The molecule has 1 atom stereocenters. The number of halogens is 4. The van der Waals surface area contributed by atoms with Gasteiger partial charge in [0.05, 0.1) is 22.1 Å². The van der Waals surface area contributed by atoms with Gasteiger partial charge in [0, 0.05) is 11.9 Å². The number of rotatable bonds is 3. The van der Waals surface area contributed by atoms with Gasteiger partial charge in [-0.05, 0) is 73.8 Å². The molecule has 2 aromatic rings. The van der Waals surface area contributed by atoms with Gasteiger partial charge in [-0.3, -0.25) is 14.2 Å². The van der Waals surface area contributed by atoms with E-state index in [2.05, 4.69) is 0 Å². The molecule has 4 rings (SSSR count). The third kappa shape index (κ3) is 4.03. The fraction of sp³-hybridized carbons (Fsp3) is 0.391. The first-order chi connectivity index (χ1) is 14.7. The van der Waals surface area contributed by atoms with Gasteiger partial charge in [0.1, 0.15) is 0 Å². The van der Waals surface area contributed by atoms with Gasteiger partial charge in [0.25, 0.3) is 5.91 Å². The molecule has 164 valence electrons. The van der Waals surface area contributed by atoms with Crippen LogP contribution < -0.4 is 0 Å². The molecule has 0 radical (unpaired) electrons. The van der Waals surface area contributed by atoms with Gasteiger partial charge < -0.3 is 5.11 Å². The first kappa shape index (κ1) is 21.7. The predicted octanol–water partition coefficient (Wildman–Crippen LogP) is 6.00. The quantitative estimate of drug-likeness (QED) is 0.623. The van der Waals surface area contributed by atoms with Crippen LogP contribution in [0, 0.1) is 5.92 Å². The number of allylic oxidation sites excluding steroid dienone is 2. The zero-order chi connectivity index (χ0) is 22.3. The molecule has 2 aliphatic carbocycles. The molecular weight excluding hydrogens is 431 g/mol. The fourth-order valence-electron chi connectivity index (χ4n) is 4.59. The minimum absolute atomic E-state index is 0.235. The Morgan fingerprint density at radius 3 is 2.52 bits per heavy atom. The van der Waals surface area contributed by atoms with Crippen molar-refractivity contribution in [3.05, 3.63) is 63.4 Å². The van der Waals surface area contributed by atoms with Crippen LogP contribution in [0.3, 0.4) is 0 Å². The van der Waals surface area contributed by atoms with Crippen molar-refractivity contribution in [3.8, 4) is 0 Å². The number of aliphatic carboxylic acids is 1. The molecule has 0 amide bonds. The highest BCUT2D eigenvalue weighted by molar-refractivity contribution is 6.34. The van der Waals surface area contributed by atoms with Crippen molar-refractivity contribution in [2.45, 2.75) is 51.1 Å². The van der Waals surface area contributed by atoms with Crippen molar-refractivity contribution in [2.75, 3.05) is 0 Å². The van der Waals surface area contributed by atoms with E-state index >= 15 is 0 Å². The third-order valence-corrected chi connectivity index (χ3v) is 6.49. The van der Waals surface area contributed by atoms with Crippen molar-refractivity contribution in [3.63, 3.8) is 0 Å². The number of alkyl halides is 3. The highest BCUT2D eigenvalue weighted by atomic mass is 35.5. The van der Waals surface area contributed by atoms with Crippen molar-refractivity contribution in [2.24, 2.45) is 5.92 Å². The van der Waals surface area contributed by atoms with Gasteiger partial charge in [0.2, 0.25) is 0 Å². The van der Waals surface area contributed by atoms with Crippen LogP contribution in [0.4, 0.5) is 13.2 Å². The summed E-state index contributed by atoms with van der Waals surface area (Å²) in [7, 11) is 0. The van der Waals surface area contributed by atoms with Crippen LogP contribution in [0.5, 0.6) is 0 Å². The number of hydrogen-bond donors (Lipinski definition) is 1. The number of nitrogens with zero attached hydrogens (tertiary/aromatic N) is 1. The highest BCUT2D eigenvalue weighted by Crippen LogP contribution is 2.39. The number of fused-ring (bicyclic) bond motifs is 1. The summed E-state index contributed by atoms with van der Waals surface area (Å²) in [6, 6.07) is 3.34. The van der Waals surface area contributed by atoms with Gasteiger partial charge in [-0.15, -0.1) is 0 Å². The van der Waals surface area contributed by atoms with Crippen molar-refractivity contribution < 1.29 is 27.9 Å². The zero-order valence-corrected chi connectivity index (χ0v) is 17.4. The van der Waals surface area contributed by atoms with Crippen LogP contribution >= 0.6 is 11.6 Å². The Labute approximate surface area is 182 Å². The molecule has 2 aliphatic rings. The molecule has 31 heavy (non-hydrogen) atoms. The summed E-state index contributed by atoms with van der Waals surface area (Å²) in [5, 5.41) is 8.99. The van der Waals surface area contributed by atoms with Crippen molar-refractivity contribution in [1.82, 2.24) is 4.57 Å². The largest absolute Gasteiger partial charge is 0.481 e. The number of carbonyl (C=O) groups is 2. The normalized spacial score (nSPS) is 19.0. The van der Waals surface area contributed by atoms with Crippen LogP contribution in [0.2, 0.25) is 5.02 Å². The van der Waals surface area contributed by atoms with Crippen molar-refractivity contribution in [1.29, 1.82) is 0 Å². The van der Waals surface area contributed by atoms with E-state index in [1.165, 1.54) is 16.7 Å². The molecule has 0 bridgehead atoms. The van der Waals surface area contributed by atoms with E-state index in [9.17, 15) is 27.9 Å².